The second-order valence-corrected chi connectivity index (χ2v) is 4.23. The van der Waals surface area contributed by atoms with E-state index in [0.29, 0.717) is 6.54 Å². The number of amides is 1. The zero-order valence-electron chi connectivity index (χ0n) is 9.35. The molecular weight excluding hydrogens is 240 g/mol. The molecule has 0 rings (SSSR count). The van der Waals surface area contributed by atoms with Crippen LogP contribution in [0, 0.1) is 0 Å². The van der Waals surface area contributed by atoms with Gasteiger partial charge in [0.15, 0.2) is 0 Å². The fourth-order valence-corrected chi connectivity index (χ4v) is 1.19. The monoisotopic (exact) mass is 257 g/mol. The van der Waals surface area contributed by atoms with Gasteiger partial charge in [0.1, 0.15) is 6.61 Å². The van der Waals surface area contributed by atoms with Crippen molar-refractivity contribution in [3.63, 3.8) is 0 Å². The molecule has 1 N–H and O–H groups in total. The largest absolute Gasteiger partial charge is 0.375 e. The molecule has 0 bridgehead atoms. The maximum Gasteiger partial charge on any atom is 0.261 e. The van der Waals surface area contributed by atoms with Gasteiger partial charge in [-0.25, -0.2) is 8.78 Å². The van der Waals surface area contributed by atoms with E-state index >= 15 is 0 Å². The van der Waals surface area contributed by atoms with Gasteiger partial charge in [0.05, 0.1) is 6.61 Å². The highest BCUT2D eigenvalue weighted by Crippen LogP contribution is 2.02. The predicted octanol–water partition coefficient (Wildman–Crippen LogP) is 2.18. The van der Waals surface area contributed by atoms with Crippen LogP contribution in [-0.4, -0.2) is 37.5 Å². The van der Waals surface area contributed by atoms with Gasteiger partial charge in [-0.3, -0.25) is 4.79 Å². The van der Waals surface area contributed by atoms with E-state index in [1.54, 1.807) is 0 Å². The van der Waals surface area contributed by atoms with Crippen molar-refractivity contribution >= 4 is 17.5 Å². The summed E-state index contributed by atoms with van der Waals surface area (Å²) in [5, 5.41) is 2.76. The van der Waals surface area contributed by atoms with Crippen LogP contribution in [0.3, 0.4) is 0 Å². The number of carbonyl (C=O) groups is 1. The molecule has 0 aromatic carbocycles. The van der Waals surface area contributed by atoms with Crippen molar-refractivity contribution < 1.29 is 18.3 Å². The third kappa shape index (κ3) is 11.7. The highest BCUT2D eigenvalue weighted by atomic mass is 35.5. The first-order valence-corrected chi connectivity index (χ1v) is 5.72. The van der Waals surface area contributed by atoms with Gasteiger partial charge in [0.2, 0.25) is 5.91 Å². The Labute approximate surface area is 99.5 Å². The molecule has 0 aliphatic rings. The van der Waals surface area contributed by atoms with Crippen LogP contribution in [0.1, 0.15) is 26.2 Å². The average molecular weight is 258 g/mol. The van der Waals surface area contributed by atoms with Gasteiger partial charge < -0.3 is 10.1 Å². The molecule has 1 unspecified atom stereocenters. The molecule has 16 heavy (non-hydrogen) atoms. The Morgan fingerprint density at radius 1 is 1.50 bits per heavy atom. The summed E-state index contributed by atoms with van der Waals surface area (Å²) in [4.78, 5) is 11.1. The Balaban J connectivity index is 3.25. The third-order valence-electron chi connectivity index (χ3n) is 1.82. The highest BCUT2D eigenvalue weighted by Gasteiger charge is 2.04. The minimum absolute atomic E-state index is 0.0298. The molecule has 0 heterocycles. The van der Waals surface area contributed by atoms with Gasteiger partial charge in [-0.05, 0) is 19.8 Å². The minimum atomic E-state index is -2.48. The molecular formula is C10H18ClF2NO2. The van der Waals surface area contributed by atoms with Crippen molar-refractivity contribution in [3.8, 4) is 0 Å². The molecule has 3 nitrogen and oxygen atoms in total. The molecule has 0 aliphatic heterocycles. The first-order chi connectivity index (χ1) is 7.52. The van der Waals surface area contributed by atoms with Gasteiger partial charge in [-0.1, -0.05) is 0 Å². The standard InChI is InChI=1S/C10H18ClF2NO2/c1-8(11)3-2-5-14-10(15)4-6-16-7-9(12)13/h8-9H,2-7H2,1H3,(H,14,15). The molecule has 0 radical (unpaired) electrons. The number of halogens is 3. The van der Waals surface area contributed by atoms with Crippen LogP contribution in [0.15, 0.2) is 0 Å². The lowest BCUT2D eigenvalue weighted by Crippen LogP contribution is -2.26. The van der Waals surface area contributed by atoms with Crippen LogP contribution in [0.25, 0.3) is 0 Å². The number of rotatable bonds is 9. The number of carbonyl (C=O) groups excluding carboxylic acids is 1. The molecule has 0 saturated heterocycles. The van der Waals surface area contributed by atoms with Crippen LogP contribution in [-0.2, 0) is 9.53 Å². The van der Waals surface area contributed by atoms with Crippen LogP contribution < -0.4 is 5.32 Å². The van der Waals surface area contributed by atoms with Crippen molar-refractivity contribution in [2.24, 2.45) is 0 Å². The van der Waals surface area contributed by atoms with Gasteiger partial charge in [-0.15, -0.1) is 11.6 Å². The van der Waals surface area contributed by atoms with E-state index < -0.39 is 13.0 Å². The summed E-state index contributed by atoms with van der Waals surface area (Å²) in [6.45, 7) is 1.87. The smallest absolute Gasteiger partial charge is 0.261 e. The normalized spacial score (nSPS) is 12.8. The van der Waals surface area contributed by atoms with Crippen molar-refractivity contribution in [2.45, 2.75) is 38.0 Å². The molecule has 1 amide bonds. The highest BCUT2D eigenvalue weighted by molar-refractivity contribution is 6.20. The van der Waals surface area contributed by atoms with Crippen LogP contribution in [0.5, 0.6) is 0 Å². The second-order valence-electron chi connectivity index (χ2n) is 3.49. The number of nitrogens with one attached hydrogen (secondary N) is 1. The van der Waals surface area contributed by atoms with Crippen molar-refractivity contribution in [3.05, 3.63) is 0 Å². The van der Waals surface area contributed by atoms with Crippen molar-refractivity contribution in [1.29, 1.82) is 0 Å². The molecule has 96 valence electrons. The lowest BCUT2D eigenvalue weighted by Gasteiger charge is -2.06. The summed E-state index contributed by atoms with van der Waals surface area (Å²) >= 11 is 5.72. The summed E-state index contributed by atoms with van der Waals surface area (Å²) in [7, 11) is 0. The lowest BCUT2D eigenvalue weighted by atomic mass is 10.2. The summed E-state index contributed by atoms with van der Waals surface area (Å²) in [6, 6.07) is 0. The van der Waals surface area contributed by atoms with Crippen LogP contribution >= 0.6 is 11.6 Å². The molecule has 6 heteroatoms. The quantitative estimate of drug-likeness (QED) is 0.508. The molecule has 0 fully saturated rings. The molecule has 0 saturated carbocycles. The SMILES string of the molecule is CC(Cl)CCCNC(=O)CCOCC(F)F. The lowest BCUT2D eigenvalue weighted by molar-refractivity contribution is -0.122. The van der Waals surface area contributed by atoms with E-state index in [2.05, 4.69) is 10.1 Å². The third-order valence-corrected chi connectivity index (χ3v) is 2.04. The maximum atomic E-state index is 11.6. The van der Waals surface area contributed by atoms with Gasteiger partial charge in [0.25, 0.3) is 6.43 Å². The van der Waals surface area contributed by atoms with E-state index in [-0.39, 0.29) is 24.3 Å². The first-order valence-electron chi connectivity index (χ1n) is 5.29. The van der Waals surface area contributed by atoms with Gasteiger partial charge >= 0.3 is 0 Å². The van der Waals surface area contributed by atoms with Gasteiger partial charge in [-0.2, -0.15) is 0 Å². The molecule has 0 spiro atoms. The molecule has 0 aliphatic carbocycles. The van der Waals surface area contributed by atoms with E-state index in [1.165, 1.54) is 0 Å². The Morgan fingerprint density at radius 2 is 2.19 bits per heavy atom. The zero-order valence-corrected chi connectivity index (χ0v) is 10.1. The fourth-order valence-electron chi connectivity index (χ4n) is 1.04. The molecule has 0 aromatic heterocycles. The van der Waals surface area contributed by atoms with Crippen LogP contribution in [0.4, 0.5) is 8.78 Å². The first kappa shape index (κ1) is 15.6. The summed E-state index contributed by atoms with van der Waals surface area (Å²) in [5.74, 6) is -0.184. The van der Waals surface area contributed by atoms with E-state index in [1.807, 2.05) is 6.92 Å². The zero-order chi connectivity index (χ0) is 12.4. The Bertz CT molecular complexity index is 174. The van der Waals surface area contributed by atoms with Gasteiger partial charge in [0, 0.05) is 18.3 Å². The maximum absolute atomic E-state index is 11.6. The summed E-state index contributed by atoms with van der Waals surface area (Å²) in [5.41, 5.74) is 0. The molecule has 1 atom stereocenters. The number of alkyl halides is 3. The Hall–Kier alpha value is -0.420. The van der Waals surface area contributed by atoms with E-state index in [4.69, 9.17) is 11.6 Å². The Morgan fingerprint density at radius 3 is 2.75 bits per heavy atom. The topological polar surface area (TPSA) is 38.3 Å². The number of ether oxygens (including phenoxy) is 1. The second kappa shape index (κ2) is 9.78. The summed E-state index contributed by atoms with van der Waals surface area (Å²) in [6.07, 6.45) is -0.713. The fraction of sp³-hybridized carbons (Fsp3) is 0.900. The number of hydrogen-bond acceptors (Lipinski definition) is 2. The van der Waals surface area contributed by atoms with Crippen molar-refractivity contribution in [2.75, 3.05) is 19.8 Å². The number of hydrogen-bond donors (Lipinski definition) is 1. The van der Waals surface area contributed by atoms with E-state index in [9.17, 15) is 13.6 Å². The van der Waals surface area contributed by atoms with Crippen LogP contribution in [0.2, 0.25) is 0 Å². The summed E-state index contributed by atoms with van der Waals surface area (Å²) < 4.78 is 27.9. The van der Waals surface area contributed by atoms with E-state index in [0.717, 1.165) is 12.8 Å². The average Bonchev–Trinajstić information content (AvgIpc) is 2.19. The minimum Gasteiger partial charge on any atom is -0.375 e. The Kier molecular flexibility index (Phi) is 9.52. The van der Waals surface area contributed by atoms with Crippen molar-refractivity contribution in [1.82, 2.24) is 5.32 Å². The predicted molar refractivity (Wildman–Crippen MR) is 59.0 cm³/mol. The molecule has 0 aromatic rings.